The molecule has 1 aromatic carbocycles. The van der Waals surface area contributed by atoms with E-state index in [9.17, 15) is 4.79 Å². The van der Waals surface area contributed by atoms with Crippen molar-refractivity contribution in [1.82, 2.24) is 19.6 Å². The van der Waals surface area contributed by atoms with Crippen molar-refractivity contribution in [3.8, 4) is 0 Å². The van der Waals surface area contributed by atoms with Crippen LogP contribution in [0.25, 0.3) is 0 Å². The Hall–Kier alpha value is -2.31. The van der Waals surface area contributed by atoms with Crippen molar-refractivity contribution in [2.24, 2.45) is 0 Å². The minimum atomic E-state index is -0.217. The Balaban J connectivity index is 1.69. The first-order valence-corrected chi connectivity index (χ1v) is 8.45. The number of nitrogens with one attached hydrogen (secondary N) is 1. The maximum absolute atomic E-state index is 12.2. The Kier molecular flexibility index (Phi) is 5.11. The van der Waals surface area contributed by atoms with Crippen molar-refractivity contribution >= 4 is 34.9 Å². The molecule has 0 unspecified atom stereocenters. The van der Waals surface area contributed by atoms with Gasteiger partial charge in [0.15, 0.2) is 5.82 Å². The number of carbonyl (C=O) groups excluding carboxylic acids is 1. The molecule has 2 heterocycles. The lowest BCUT2D eigenvalue weighted by Gasteiger charge is -2.06. The first kappa shape index (κ1) is 17.5. The molecule has 6 nitrogen and oxygen atoms in total. The van der Waals surface area contributed by atoms with E-state index in [4.69, 9.17) is 23.2 Å². The number of carbonyl (C=O) groups is 1. The Morgan fingerprint density at radius 2 is 1.92 bits per heavy atom. The lowest BCUT2D eigenvalue weighted by Crippen LogP contribution is -2.20. The molecule has 25 heavy (non-hydrogen) atoms. The summed E-state index contributed by atoms with van der Waals surface area (Å²) in [5, 5.41) is 12.5. The van der Waals surface area contributed by atoms with Crippen LogP contribution < -0.4 is 5.32 Å². The molecule has 130 valence electrons. The second-order valence-corrected chi connectivity index (χ2v) is 6.52. The summed E-state index contributed by atoms with van der Waals surface area (Å²) in [6.45, 7) is 4.35. The van der Waals surface area contributed by atoms with Gasteiger partial charge in [-0.05, 0) is 25.5 Å². The largest absolute Gasteiger partial charge is 0.308 e. The standard InChI is InChI=1S/C17H17Cl2N5O/c1-11-7-16(21-17(25)10-24-12(2)15(19)8-20-24)22-23(11)9-13-5-3-4-6-14(13)18/h3-8H,9-10H2,1-2H3,(H,21,22,25). The van der Waals surface area contributed by atoms with Crippen molar-refractivity contribution < 1.29 is 4.79 Å². The van der Waals surface area contributed by atoms with Gasteiger partial charge in [0, 0.05) is 16.8 Å². The fourth-order valence-electron chi connectivity index (χ4n) is 2.42. The molecule has 3 aromatic rings. The summed E-state index contributed by atoms with van der Waals surface area (Å²) in [5.74, 6) is 0.274. The van der Waals surface area contributed by atoms with Crippen LogP contribution in [-0.2, 0) is 17.9 Å². The van der Waals surface area contributed by atoms with Gasteiger partial charge in [0.25, 0.3) is 0 Å². The van der Waals surface area contributed by atoms with Crippen molar-refractivity contribution in [3.63, 3.8) is 0 Å². The zero-order chi connectivity index (χ0) is 18.0. The molecule has 0 radical (unpaired) electrons. The molecule has 0 spiro atoms. The smallest absolute Gasteiger partial charge is 0.247 e. The van der Waals surface area contributed by atoms with Crippen LogP contribution in [0, 0.1) is 13.8 Å². The minimum absolute atomic E-state index is 0.0783. The van der Waals surface area contributed by atoms with Crippen LogP contribution in [-0.4, -0.2) is 25.5 Å². The van der Waals surface area contributed by atoms with Crippen LogP contribution in [0.1, 0.15) is 17.0 Å². The first-order chi connectivity index (χ1) is 11.9. The number of nitrogens with zero attached hydrogens (tertiary/aromatic N) is 4. The van der Waals surface area contributed by atoms with E-state index in [1.807, 2.05) is 44.2 Å². The predicted octanol–water partition coefficient (Wildman–Crippen LogP) is 3.69. The summed E-state index contributed by atoms with van der Waals surface area (Å²) >= 11 is 12.1. The Labute approximate surface area is 155 Å². The third kappa shape index (κ3) is 4.03. The normalized spacial score (nSPS) is 10.9. The van der Waals surface area contributed by atoms with Gasteiger partial charge in [-0.2, -0.15) is 10.2 Å². The quantitative estimate of drug-likeness (QED) is 0.737. The molecule has 0 fully saturated rings. The van der Waals surface area contributed by atoms with Crippen LogP contribution in [0.5, 0.6) is 0 Å². The Bertz CT molecular complexity index is 916. The number of aromatic nitrogens is 4. The number of hydrogen-bond acceptors (Lipinski definition) is 3. The maximum Gasteiger partial charge on any atom is 0.247 e. The fraction of sp³-hybridized carbons (Fsp3) is 0.235. The van der Waals surface area contributed by atoms with E-state index < -0.39 is 0 Å². The maximum atomic E-state index is 12.2. The van der Waals surface area contributed by atoms with Gasteiger partial charge >= 0.3 is 0 Å². The van der Waals surface area contributed by atoms with E-state index in [1.165, 1.54) is 6.20 Å². The number of amides is 1. The zero-order valence-corrected chi connectivity index (χ0v) is 15.3. The molecule has 2 aromatic heterocycles. The van der Waals surface area contributed by atoms with E-state index in [0.717, 1.165) is 17.0 Å². The SMILES string of the molecule is Cc1cc(NC(=O)Cn2ncc(Cl)c2C)nn1Cc1ccccc1Cl. The van der Waals surface area contributed by atoms with Crippen LogP contribution >= 0.6 is 23.2 Å². The molecule has 0 bridgehead atoms. The van der Waals surface area contributed by atoms with Crippen LogP contribution in [0.4, 0.5) is 5.82 Å². The van der Waals surface area contributed by atoms with E-state index >= 15 is 0 Å². The second kappa shape index (κ2) is 7.29. The van der Waals surface area contributed by atoms with Crippen molar-refractivity contribution in [1.29, 1.82) is 0 Å². The van der Waals surface area contributed by atoms with E-state index in [2.05, 4.69) is 15.5 Å². The summed E-state index contributed by atoms with van der Waals surface area (Å²) in [6, 6.07) is 9.43. The highest BCUT2D eigenvalue weighted by atomic mass is 35.5. The predicted molar refractivity (Wildman–Crippen MR) is 98.1 cm³/mol. The molecule has 1 N–H and O–H groups in total. The molecule has 0 aliphatic heterocycles. The summed E-state index contributed by atoms with van der Waals surface area (Å²) in [5.41, 5.74) is 2.64. The molecule has 8 heteroatoms. The van der Waals surface area contributed by atoms with Crippen molar-refractivity contribution in [2.75, 3.05) is 5.32 Å². The average Bonchev–Trinajstić information content (AvgIpc) is 3.06. The van der Waals surface area contributed by atoms with Crippen LogP contribution in [0.3, 0.4) is 0 Å². The van der Waals surface area contributed by atoms with Crippen LogP contribution in [0.2, 0.25) is 10.0 Å². The molecule has 1 amide bonds. The third-order valence-electron chi connectivity index (χ3n) is 3.86. The molecule has 0 saturated heterocycles. The molecule has 0 saturated carbocycles. The lowest BCUT2D eigenvalue weighted by atomic mass is 10.2. The van der Waals surface area contributed by atoms with Gasteiger partial charge in [0.2, 0.25) is 5.91 Å². The number of rotatable bonds is 5. The Morgan fingerprint density at radius 1 is 1.16 bits per heavy atom. The molecule has 3 rings (SSSR count). The van der Waals surface area contributed by atoms with Crippen LogP contribution in [0.15, 0.2) is 36.5 Å². The minimum Gasteiger partial charge on any atom is -0.308 e. The summed E-state index contributed by atoms with van der Waals surface area (Å²) in [7, 11) is 0. The van der Waals surface area contributed by atoms with Crippen molar-refractivity contribution in [2.45, 2.75) is 26.9 Å². The van der Waals surface area contributed by atoms with Gasteiger partial charge in [0.1, 0.15) is 6.54 Å². The topological polar surface area (TPSA) is 64.7 Å². The van der Waals surface area contributed by atoms with E-state index in [-0.39, 0.29) is 12.5 Å². The molecular weight excluding hydrogens is 361 g/mol. The number of halogens is 2. The zero-order valence-electron chi connectivity index (χ0n) is 13.8. The van der Waals surface area contributed by atoms with Gasteiger partial charge in [-0.3, -0.25) is 14.2 Å². The first-order valence-electron chi connectivity index (χ1n) is 7.69. The number of hydrogen-bond donors (Lipinski definition) is 1. The highest BCUT2D eigenvalue weighted by Crippen LogP contribution is 2.18. The fourth-order valence-corrected chi connectivity index (χ4v) is 2.76. The summed E-state index contributed by atoms with van der Waals surface area (Å²) in [6.07, 6.45) is 1.52. The van der Waals surface area contributed by atoms with Gasteiger partial charge in [-0.25, -0.2) is 0 Å². The number of anilines is 1. The van der Waals surface area contributed by atoms with E-state index in [0.29, 0.717) is 22.4 Å². The van der Waals surface area contributed by atoms with Gasteiger partial charge in [-0.1, -0.05) is 41.4 Å². The number of benzene rings is 1. The lowest BCUT2D eigenvalue weighted by molar-refractivity contribution is -0.117. The Morgan fingerprint density at radius 3 is 2.60 bits per heavy atom. The average molecular weight is 378 g/mol. The second-order valence-electron chi connectivity index (χ2n) is 5.70. The highest BCUT2D eigenvalue weighted by molar-refractivity contribution is 6.31. The highest BCUT2D eigenvalue weighted by Gasteiger charge is 2.12. The number of aryl methyl sites for hydroxylation is 1. The monoisotopic (exact) mass is 377 g/mol. The van der Waals surface area contributed by atoms with Gasteiger partial charge in [-0.15, -0.1) is 0 Å². The molecule has 0 atom stereocenters. The van der Waals surface area contributed by atoms with E-state index in [1.54, 1.807) is 9.36 Å². The van der Waals surface area contributed by atoms with Gasteiger partial charge < -0.3 is 5.32 Å². The molecular formula is C17H17Cl2N5O. The molecule has 0 aliphatic rings. The molecule has 0 aliphatic carbocycles. The van der Waals surface area contributed by atoms with Gasteiger partial charge in [0.05, 0.1) is 23.5 Å². The third-order valence-corrected chi connectivity index (χ3v) is 4.60. The summed E-state index contributed by atoms with van der Waals surface area (Å²) in [4.78, 5) is 12.2. The van der Waals surface area contributed by atoms with Crippen molar-refractivity contribution in [3.05, 3.63) is 63.5 Å². The summed E-state index contributed by atoms with van der Waals surface area (Å²) < 4.78 is 3.35.